The fourth-order valence-corrected chi connectivity index (χ4v) is 2.41. The van der Waals surface area contributed by atoms with E-state index < -0.39 is 0 Å². The minimum absolute atomic E-state index is 0.217. The van der Waals surface area contributed by atoms with Gasteiger partial charge in [-0.25, -0.2) is 9.37 Å². The Kier molecular flexibility index (Phi) is 2.56. The number of fused-ring (bicyclic) bond motifs is 1. The fraction of sp³-hybridized carbons (Fsp3) is 0. The van der Waals surface area contributed by atoms with Gasteiger partial charge in [-0.1, -0.05) is 0 Å². The summed E-state index contributed by atoms with van der Waals surface area (Å²) in [7, 11) is 0. The zero-order valence-corrected chi connectivity index (χ0v) is 10.0. The second-order valence-corrected chi connectivity index (χ2v) is 4.60. The van der Waals surface area contributed by atoms with Crippen molar-refractivity contribution in [1.29, 1.82) is 0 Å². The monoisotopic (exact) mass is 260 g/mol. The summed E-state index contributed by atoms with van der Waals surface area (Å²) in [5.41, 5.74) is 6.40. The number of nitrogen functional groups attached to an aromatic ring is 1. The van der Waals surface area contributed by atoms with Gasteiger partial charge >= 0.3 is 0 Å². The van der Waals surface area contributed by atoms with Crippen molar-refractivity contribution in [1.82, 2.24) is 9.97 Å². The van der Waals surface area contributed by atoms with E-state index in [1.807, 2.05) is 11.4 Å². The molecule has 90 valence electrons. The summed E-state index contributed by atoms with van der Waals surface area (Å²) in [4.78, 5) is 9.12. The van der Waals surface area contributed by atoms with Gasteiger partial charge in [0.25, 0.3) is 0 Å². The first kappa shape index (κ1) is 10.9. The van der Waals surface area contributed by atoms with Gasteiger partial charge in [-0.15, -0.1) is 11.3 Å². The third kappa shape index (κ3) is 1.98. The Morgan fingerprint density at radius 3 is 2.67 bits per heavy atom. The molecule has 0 atom stereocenters. The zero-order valence-electron chi connectivity index (χ0n) is 9.22. The SMILES string of the molecule is Nc1nc(Nc2ccc(F)cc2)c2ccsc2n1. The molecule has 0 aliphatic carbocycles. The molecule has 2 heterocycles. The van der Waals surface area contributed by atoms with Gasteiger partial charge in [0.05, 0.1) is 5.39 Å². The lowest BCUT2D eigenvalue weighted by atomic mass is 10.3. The van der Waals surface area contributed by atoms with Gasteiger partial charge in [0.2, 0.25) is 5.95 Å². The molecule has 0 saturated heterocycles. The minimum Gasteiger partial charge on any atom is -0.368 e. The summed E-state index contributed by atoms with van der Waals surface area (Å²) >= 11 is 1.50. The molecular formula is C12H9FN4S. The van der Waals surface area contributed by atoms with Crippen LogP contribution in [-0.4, -0.2) is 9.97 Å². The van der Waals surface area contributed by atoms with Gasteiger partial charge < -0.3 is 11.1 Å². The molecule has 18 heavy (non-hydrogen) atoms. The summed E-state index contributed by atoms with van der Waals surface area (Å²) in [6.07, 6.45) is 0. The van der Waals surface area contributed by atoms with Crippen molar-refractivity contribution in [3.63, 3.8) is 0 Å². The standard InChI is InChI=1S/C12H9FN4S/c13-7-1-3-8(4-2-7)15-10-9-5-6-18-11(9)17-12(14)16-10/h1-6H,(H3,14,15,16,17). The van der Waals surface area contributed by atoms with Crippen molar-refractivity contribution >= 4 is 39.0 Å². The molecule has 1 aromatic carbocycles. The number of hydrogen-bond acceptors (Lipinski definition) is 5. The van der Waals surface area contributed by atoms with Crippen LogP contribution in [0.5, 0.6) is 0 Å². The molecule has 3 N–H and O–H groups in total. The molecule has 0 amide bonds. The van der Waals surface area contributed by atoms with Crippen molar-refractivity contribution < 1.29 is 4.39 Å². The number of benzene rings is 1. The highest BCUT2D eigenvalue weighted by Crippen LogP contribution is 2.27. The fourth-order valence-electron chi connectivity index (χ4n) is 1.64. The van der Waals surface area contributed by atoms with Gasteiger partial charge in [-0.3, -0.25) is 0 Å². The van der Waals surface area contributed by atoms with E-state index in [0.29, 0.717) is 5.82 Å². The second-order valence-electron chi connectivity index (χ2n) is 3.70. The van der Waals surface area contributed by atoms with E-state index in [9.17, 15) is 4.39 Å². The summed E-state index contributed by atoms with van der Waals surface area (Å²) < 4.78 is 12.8. The number of nitrogens with zero attached hydrogens (tertiary/aromatic N) is 2. The lowest BCUT2D eigenvalue weighted by Crippen LogP contribution is -2.00. The maximum Gasteiger partial charge on any atom is 0.223 e. The van der Waals surface area contributed by atoms with Crippen molar-refractivity contribution in [3.05, 3.63) is 41.5 Å². The van der Waals surface area contributed by atoms with Crippen molar-refractivity contribution in [2.24, 2.45) is 0 Å². The van der Waals surface area contributed by atoms with Crippen LogP contribution in [0.25, 0.3) is 10.2 Å². The number of nitrogens with two attached hydrogens (primary N) is 1. The van der Waals surface area contributed by atoms with Crippen LogP contribution in [0, 0.1) is 5.82 Å². The molecule has 4 nitrogen and oxygen atoms in total. The first-order chi connectivity index (χ1) is 8.72. The van der Waals surface area contributed by atoms with Crippen molar-refractivity contribution in [3.8, 4) is 0 Å². The maximum atomic E-state index is 12.8. The quantitative estimate of drug-likeness (QED) is 0.743. The summed E-state index contributed by atoms with van der Waals surface area (Å²) in [6, 6.07) is 7.98. The minimum atomic E-state index is -0.275. The van der Waals surface area contributed by atoms with Crippen molar-refractivity contribution in [2.45, 2.75) is 0 Å². The highest BCUT2D eigenvalue weighted by Gasteiger charge is 2.07. The molecule has 2 aromatic heterocycles. The molecule has 0 unspecified atom stereocenters. The molecule has 0 aliphatic rings. The number of halogens is 1. The summed E-state index contributed by atoms with van der Waals surface area (Å²) in [6.45, 7) is 0. The largest absolute Gasteiger partial charge is 0.368 e. The lowest BCUT2D eigenvalue weighted by Gasteiger charge is -2.07. The molecule has 0 bridgehead atoms. The van der Waals surface area contributed by atoms with E-state index in [2.05, 4.69) is 15.3 Å². The zero-order chi connectivity index (χ0) is 12.5. The van der Waals surface area contributed by atoms with Crippen LogP contribution >= 0.6 is 11.3 Å². The van der Waals surface area contributed by atoms with Crippen LogP contribution in [0.2, 0.25) is 0 Å². The van der Waals surface area contributed by atoms with E-state index >= 15 is 0 Å². The summed E-state index contributed by atoms with van der Waals surface area (Å²) in [5, 5.41) is 5.94. The number of rotatable bonds is 2. The van der Waals surface area contributed by atoms with Gasteiger partial charge in [-0.2, -0.15) is 4.98 Å². The van der Waals surface area contributed by atoms with Gasteiger partial charge in [0.15, 0.2) is 0 Å². The molecular weight excluding hydrogens is 251 g/mol. The summed E-state index contributed by atoms with van der Waals surface area (Å²) in [5.74, 6) is 0.573. The molecule has 3 aromatic rings. The molecule has 6 heteroatoms. The second kappa shape index (κ2) is 4.23. The molecule has 0 spiro atoms. The normalized spacial score (nSPS) is 10.7. The Hall–Kier alpha value is -2.21. The van der Waals surface area contributed by atoms with Crippen LogP contribution < -0.4 is 11.1 Å². The van der Waals surface area contributed by atoms with Crippen LogP contribution in [0.3, 0.4) is 0 Å². The highest BCUT2D eigenvalue weighted by atomic mass is 32.1. The number of aromatic nitrogens is 2. The average Bonchev–Trinajstić information content (AvgIpc) is 2.80. The maximum absolute atomic E-state index is 12.8. The van der Waals surface area contributed by atoms with Crippen LogP contribution in [0.1, 0.15) is 0 Å². The number of thiophene rings is 1. The molecule has 0 fully saturated rings. The van der Waals surface area contributed by atoms with E-state index in [1.54, 1.807) is 12.1 Å². The Bertz CT molecular complexity index is 693. The predicted octanol–water partition coefficient (Wildman–Crippen LogP) is 3.16. The predicted molar refractivity (Wildman–Crippen MR) is 71.5 cm³/mol. The third-order valence-corrected chi connectivity index (χ3v) is 3.26. The third-order valence-electron chi connectivity index (χ3n) is 2.45. The van der Waals surface area contributed by atoms with Gasteiger partial charge in [-0.05, 0) is 35.7 Å². The first-order valence-corrected chi connectivity index (χ1v) is 6.13. The van der Waals surface area contributed by atoms with E-state index in [1.165, 1.54) is 23.5 Å². The topological polar surface area (TPSA) is 63.8 Å². The van der Waals surface area contributed by atoms with Gasteiger partial charge in [0.1, 0.15) is 16.5 Å². The van der Waals surface area contributed by atoms with Crippen LogP contribution in [0.15, 0.2) is 35.7 Å². The Balaban J connectivity index is 2.03. The smallest absolute Gasteiger partial charge is 0.223 e. The highest BCUT2D eigenvalue weighted by molar-refractivity contribution is 7.16. The van der Waals surface area contributed by atoms with Crippen LogP contribution in [-0.2, 0) is 0 Å². The molecule has 0 radical (unpaired) electrons. The number of nitrogens with one attached hydrogen (secondary N) is 1. The number of anilines is 3. The van der Waals surface area contributed by atoms with Crippen molar-refractivity contribution in [2.75, 3.05) is 11.1 Å². The van der Waals surface area contributed by atoms with E-state index in [-0.39, 0.29) is 11.8 Å². The molecule has 3 rings (SSSR count). The molecule has 0 aliphatic heterocycles. The Morgan fingerprint density at radius 1 is 1.11 bits per heavy atom. The van der Waals surface area contributed by atoms with Crippen LogP contribution in [0.4, 0.5) is 21.8 Å². The first-order valence-electron chi connectivity index (χ1n) is 5.26. The number of hydrogen-bond donors (Lipinski definition) is 2. The average molecular weight is 260 g/mol. The van der Waals surface area contributed by atoms with E-state index in [0.717, 1.165) is 15.9 Å². The Morgan fingerprint density at radius 2 is 1.89 bits per heavy atom. The molecule has 0 saturated carbocycles. The Labute approximate surface area is 106 Å². The lowest BCUT2D eigenvalue weighted by molar-refractivity contribution is 0.628. The van der Waals surface area contributed by atoms with E-state index in [4.69, 9.17) is 5.73 Å². The van der Waals surface area contributed by atoms with Gasteiger partial charge in [0, 0.05) is 5.69 Å².